The molecule has 0 atom stereocenters. The fraction of sp³-hybridized carbons (Fsp3) is 0.304. The van der Waals surface area contributed by atoms with Crippen molar-refractivity contribution in [2.75, 3.05) is 39.4 Å². The molecule has 0 saturated carbocycles. The number of morpholine rings is 1. The van der Waals surface area contributed by atoms with E-state index in [-0.39, 0.29) is 5.91 Å². The lowest BCUT2D eigenvalue weighted by Gasteiger charge is -2.27. The summed E-state index contributed by atoms with van der Waals surface area (Å²) in [6.07, 6.45) is 2.90. The molecule has 0 spiro atoms. The molecule has 2 saturated heterocycles. The summed E-state index contributed by atoms with van der Waals surface area (Å²) in [6.45, 7) is 5.14. The maximum atomic E-state index is 13.2. The van der Waals surface area contributed by atoms with Crippen LogP contribution in [-0.4, -0.2) is 60.3 Å². The predicted molar refractivity (Wildman–Crippen MR) is 132 cm³/mol. The number of halogens is 1. The van der Waals surface area contributed by atoms with E-state index < -0.39 is 0 Å². The standard InChI is InChI=1S/C23H24IN3O2S/c24-20-10-5-4-7-18(20)17-21-22(28)27(12-6-11-26-13-15-29-16-14-26)23(30-21)25-19-8-2-1-3-9-19/h1-5,7-10,17H,6,11-16H2/b21-17-,25-23?. The van der Waals surface area contributed by atoms with Gasteiger partial charge < -0.3 is 4.74 Å². The third-order valence-electron chi connectivity index (χ3n) is 5.02. The highest BCUT2D eigenvalue weighted by atomic mass is 127. The number of benzene rings is 2. The highest BCUT2D eigenvalue weighted by Gasteiger charge is 2.33. The number of amides is 1. The second kappa shape index (κ2) is 10.6. The summed E-state index contributed by atoms with van der Waals surface area (Å²) in [5.41, 5.74) is 1.92. The van der Waals surface area contributed by atoms with E-state index in [0.29, 0.717) is 6.54 Å². The van der Waals surface area contributed by atoms with Crippen molar-refractivity contribution in [2.24, 2.45) is 4.99 Å². The van der Waals surface area contributed by atoms with Gasteiger partial charge in [0.2, 0.25) is 0 Å². The van der Waals surface area contributed by atoms with Gasteiger partial charge in [0, 0.05) is 29.7 Å². The molecule has 2 aromatic rings. The monoisotopic (exact) mass is 533 g/mol. The number of rotatable bonds is 6. The van der Waals surface area contributed by atoms with Crippen LogP contribution in [0.3, 0.4) is 0 Å². The van der Waals surface area contributed by atoms with Crippen LogP contribution in [0, 0.1) is 3.57 Å². The number of carbonyl (C=O) groups excluding carboxylic acids is 1. The Balaban J connectivity index is 1.53. The minimum Gasteiger partial charge on any atom is -0.379 e. The molecular weight excluding hydrogens is 509 g/mol. The first-order valence-corrected chi connectivity index (χ1v) is 12.0. The number of ether oxygens (including phenoxy) is 1. The summed E-state index contributed by atoms with van der Waals surface area (Å²) in [5, 5.41) is 0.755. The smallest absolute Gasteiger partial charge is 0.266 e. The topological polar surface area (TPSA) is 45.1 Å². The van der Waals surface area contributed by atoms with Crippen LogP contribution in [0.1, 0.15) is 12.0 Å². The van der Waals surface area contributed by atoms with Crippen molar-refractivity contribution in [3.63, 3.8) is 0 Å². The first-order valence-electron chi connectivity index (χ1n) is 10.1. The Morgan fingerprint density at radius 1 is 1.03 bits per heavy atom. The molecule has 7 heteroatoms. The third-order valence-corrected chi connectivity index (χ3v) is 7.01. The molecule has 4 rings (SSSR count). The van der Waals surface area contributed by atoms with Gasteiger partial charge in [-0.3, -0.25) is 14.6 Å². The number of aliphatic imine (C=N–C) groups is 1. The summed E-state index contributed by atoms with van der Waals surface area (Å²) >= 11 is 3.77. The van der Waals surface area contributed by atoms with Crippen molar-refractivity contribution in [2.45, 2.75) is 6.42 Å². The van der Waals surface area contributed by atoms with Crippen molar-refractivity contribution in [1.82, 2.24) is 9.80 Å². The molecule has 0 radical (unpaired) electrons. The molecule has 5 nitrogen and oxygen atoms in total. The van der Waals surface area contributed by atoms with Gasteiger partial charge in [-0.1, -0.05) is 36.4 Å². The molecule has 2 aliphatic rings. The van der Waals surface area contributed by atoms with E-state index in [1.54, 1.807) is 0 Å². The number of hydrogen-bond acceptors (Lipinski definition) is 5. The van der Waals surface area contributed by atoms with Gasteiger partial charge >= 0.3 is 0 Å². The summed E-state index contributed by atoms with van der Waals surface area (Å²) < 4.78 is 6.55. The largest absolute Gasteiger partial charge is 0.379 e. The molecular formula is C23H24IN3O2S. The number of carbonyl (C=O) groups is 1. The van der Waals surface area contributed by atoms with E-state index in [1.165, 1.54) is 11.8 Å². The lowest BCUT2D eigenvalue weighted by molar-refractivity contribution is -0.122. The molecule has 0 aliphatic carbocycles. The average Bonchev–Trinajstić information content (AvgIpc) is 3.06. The van der Waals surface area contributed by atoms with Gasteiger partial charge in [-0.25, -0.2) is 4.99 Å². The average molecular weight is 533 g/mol. The molecule has 0 N–H and O–H groups in total. The molecule has 2 aromatic carbocycles. The molecule has 0 aromatic heterocycles. The molecule has 156 valence electrons. The molecule has 1 amide bonds. The van der Waals surface area contributed by atoms with Crippen LogP contribution in [0.25, 0.3) is 6.08 Å². The first kappa shape index (κ1) is 21.5. The van der Waals surface area contributed by atoms with E-state index >= 15 is 0 Å². The second-order valence-corrected chi connectivity index (χ2v) is 9.30. The number of nitrogens with zero attached hydrogens (tertiary/aromatic N) is 3. The quantitative estimate of drug-likeness (QED) is 0.402. The summed E-state index contributed by atoms with van der Waals surface area (Å²) in [5.74, 6) is 0.0383. The Hall–Kier alpha value is -1.68. The number of hydrogen-bond donors (Lipinski definition) is 0. The van der Waals surface area contributed by atoms with Gasteiger partial charge in [-0.05, 0) is 70.6 Å². The first-order chi connectivity index (χ1) is 14.7. The van der Waals surface area contributed by atoms with Crippen molar-refractivity contribution < 1.29 is 9.53 Å². The highest BCUT2D eigenvalue weighted by molar-refractivity contribution is 14.1. The van der Waals surface area contributed by atoms with Crippen molar-refractivity contribution >= 4 is 57.2 Å². The van der Waals surface area contributed by atoms with Crippen molar-refractivity contribution in [3.8, 4) is 0 Å². The SMILES string of the molecule is O=C1/C(=C/c2ccccc2I)SC(=Nc2ccccc2)N1CCCN1CCOCC1. The van der Waals surface area contributed by atoms with Crippen LogP contribution < -0.4 is 0 Å². The van der Waals surface area contributed by atoms with Crippen LogP contribution in [0.5, 0.6) is 0 Å². The zero-order valence-electron chi connectivity index (χ0n) is 16.7. The summed E-state index contributed by atoms with van der Waals surface area (Å²) in [4.78, 5) is 23.0. The van der Waals surface area contributed by atoms with E-state index in [4.69, 9.17) is 9.73 Å². The van der Waals surface area contributed by atoms with Crippen LogP contribution in [-0.2, 0) is 9.53 Å². The van der Waals surface area contributed by atoms with Gasteiger partial charge in [0.25, 0.3) is 5.91 Å². The van der Waals surface area contributed by atoms with Crippen LogP contribution in [0.15, 0.2) is 64.5 Å². The predicted octanol–water partition coefficient (Wildman–Crippen LogP) is 4.62. The van der Waals surface area contributed by atoms with E-state index in [0.717, 1.165) is 64.2 Å². The zero-order valence-corrected chi connectivity index (χ0v) is 19.6. The minimum atomic E-state index is 0.0383. The van der Waals surface area contributed by atoms with Crippen LogP contribution in [0.4, 0.5) is 5.69 Å². The number of thioether (sulfide) groups is 1. The van der Waals surface area contributed by atoms with Gasteiger partial charge in [-0.15, -0.1) is 0 Å². The zero-order chi connectivity index (χ0) is 20.8. The second-order valence-electron chi connectivity index (χ2n) is 7.13. The van der Waals surface area contributed by atoms with Gasteiger partial charge in [0.1, 0.15) is 0 Å². The van der Waals surface area contributed by atoms with E-state index in [2.05, 4.69) is 33.6 Å². The van der Waals surface area contributed by atoms with Crippen molar-refractivity contribution in [1.29, 1.82) is 0 Å². The van der Waals surface area contributed by atoms with Crippen molar-refractivity contribution in [3.05, 3.63) is 68.6 Å². The molecule has 2 aliphatic heterocycles. The molecule has 0 bridgehead atoms. The van der Waals surface area contributed by atoms with Gasteiger partial charge in [0.05, 0.1) is 23.8 Å². The minimum absolute atomic E-state index is 0.0383. The molecule has 2 heterocycles. The van der Waals surface area contributed by atoms with Gasteiger partial charge in [-0.2, -0.15) is 0 Å². The summed E-state index contributed by atoms with van der Waals surface area (Å²) in [7, 11) is 0. The maximum absolute atomic E-state index is 13.2. The Bertz CT molecular complexity index is 942. The molecule has 30 heavy (non-hydrogen) atoms. The lowest BCUT2D eigenvalue weighted by Crippen LogP contribution is -2.38. The Labute approximate surface area is 195 Å². The Kier molecular flexibility index (Phi) is 7.59. The van der Waals surface area contributed by atoms with E-state index in [1.807, 2.05) is 59.5 Å². The van der Waals surface area contributed by atoms with Gasteiger partial charge in [0.15, 0.2) is 5.17 Å². The molecule has 0 unspecified atom stereocenters. The van der Waals surface area contributed by atoms with Crippen LogP contribution in [0.2, 0.25) is 0 Å². The third kappa shape index (κ3) is 5.51. The van der Waals surface area contributed by atoms with E-state index in [9.17, 15) is 4.79 Å². The normalized spacial score (nSPS) is 20.4. The fourth-order valence-corrected chi connectivity index (χ4v) is 4.97. The number of amidine groups is 1. The number of para-hydroxylation sites is 1. The maximum Gasteiger partial charge on any atom is 0.266 e. The fourth-order valence-electron chi connectivity index (χ4n) is 3.41. The Morgan fingerprint density at radius 3 is 2.53 bits per heavy atom. The molecule has 2 fully saturated rings. The van der Waals surface area contributed by atoms with Crippen LogP contribution >= 0.6 is 34.4 Å². The Morgan fingerprint density at radius 2 is 1.77 bits per heavy atom. The lowest BCUT2D eigenvalue weighted by atomic mass is 10.2. The highest BCUT2D eigenvalue weighted by Crippen LogP contribution is 2.34. The summed E-state index contributed by atoms with van der Waals surface area (Å²) in [6, 6.07) is 17.9.